The second kappa shape index (κ2) is 5.59. The van der Waals surface area contributed by atoms with Gasteiger partial charge in [-0.15, -0.1) is 0 Å². The van der Waals surface area contributed by atoms with Gasteiger partial charge in [0, 0.05) is 16.2 Å². The van der Waals surface area contributed by atoms with Crippen molar-refractivity contribution >= 4 is 28.5 Å². The Labute approximate surface area is 116 Å². The lowest BCUT2D eigenvalue weighted by molar-refractivity contribution is 0.196. The predicted molar refractivity (Wildman–Crippen MR) is 79.8 cm³/mol. The van der Waals surface area contributed by atoms with Gasteiger partial charge in [-0.3, -0.25) is 5.41 Å². The molecule has 19 heavy (non-hydrogen) atoms. The van der Waals surface area contributed by atoms with Crippen LogP contribution in [0.1, 0.15) is 19.4 Å². The van der Waals surface area contributed by atoms with Crippen molar-refractivity contribution in [2.24, 2.45) is 5.73 Å². The Bertz CT molecular complexity index is 613. The molecule has 0 spiro atoms. The molecule has 0 aliphatic heterocycles. The first kappa shape index (κ1) is 13.8. The Morgan fingerprint density at radius 1 is 1.37 bits per heavy atom. The lowest BCUT2D eigenvalue weighted by Gasteiger charge is -2.16. The molecule has 1 aromatic carbocycles. The van der Waals surface area contributed by atoms with Gasteiger partial charge in [0.2, 0.25) is 0 Å². The van der Waals surface area contributed by atoms with Crippen LogP contribution in [0.4, 0.5) is 0 Å². The standard InChI is InChI=1S/C14H17N3OS/c1-8(18)9(2)19-14-11(13(15)16)7-10-5-3-4-6-12(10)17-14/h3-9,18H,1-2H3,(H3,15,16). The number of aliphatic hydroxyl groups is 1. The summed E-state index contributed by atoms with van der Waals surface area (Å²) in [7, 11) is 0. The van der Waals surface area contributed by atoms with E-state index in [0.29, 0.717) is 10.6 Å². The van der Waals surface area contributed by atoms with Crippen LogP contribution in [0.25, 0.3) is 10.9 Å². The molecule has 1 aromatic heterocycles. The summed E-state index contributed by atoms with van der Waals surface area (Å²) in [4.78, 5) is 4.55. The van der Waals surface area contributed by atoms with Crippen LogP contribution in [-0.4, -0.2) is 27.3 Å². The average molecular weight is 275 g/mol. The zero-order chi connectivity index (χ0) is 14.0. The van der Waals surface area contributed by atoms with Crippen molar-refractivity contribution in [3.63, 3.8) is 0 Å². The maximum atomic E-state index is 9.59. The van der Waals surface area contributed by atoms with E-state index in [1.54, 1.807) is 6.92 Å². The highest BCUT2D eigenvalue weighted by molar-refractivity contribution is 8.00. The summed E-state index contributed by atoms with van der Waals surface area (Å²) in [6.45, 7) is 3.67. The molecule has 0 fully saturated rings. The van der Waals surface area contributed by atoms with E-state index in [0.717, 1.165) is 10.9 Å². The molecule has 4 nitrogen and oxygen atoms in total. The SMILES string of the molecule is CC(O)C(C)Sc1nc2ccccc2cc1C(=N)N. The van der Waals surface area contributed by atoms with Gasteiger partial charge in [0.05, 0.1) is 11.6 Å². The molecule has 0 amide bonds. The molecule has 4 N–H and O–H groups in total. The number of fused-ring (bicyclic) bond motifs is 1. The zero-order valence-electron chi connectivity index (χ0n) is 10.9. The number of thioether (sulfide) groups is 1. The number of benzene rings is 1. The number of nitrogens with two attached hydrogens (primary N) is 1. The monoisotopic (exact) mass is 275 g/mol. The van der Waals surface area contributed by atoms with E-state index < -0.39 is 6.10 Å². The first-order valence-corrected chi connectivity index (χ1v) is 6.96. The van der Waals surface area contributed by atoms with Gasteiger partial charge in [-0.2, -0.15) is 0 Å². The van der Waals surface area contributed by atoms with Crippen LogP contribution < -0.4 is 5.73 Å². The maximum Gasteiger partial charge on any atom is 0.125 e. The molecular formula is C14H17N3OS. The van der Waals surface area contributed by atoms with Crippen LogP contribution in [0.2, 0.25) is 0 Å². The summed E-state index contributed by atoms with van der Waals surface area (Å²) in [5.41, 5.74) is 7.11. The van der Waals surface area contributed by atoms with E-state index in [-0.39, 0.29) is 11.1 Å². The van der Waals surface area contributed by atoms with E-state index in [1.807, 2.05) is 37.3 Å². The van der Waals surface area contributed by atoms with E-state index in [1.165, 1.54) is 11.8 Å². The second-order valence-corrected chi connectivity index (χ2v) is 5.88. The molecule has 0 radical (unpaired) electrons. The highest BCUT2D eigenvalue weighted by atomic mass is 32.2. The minimum atomic E-state index is -0.446. The smallest absolute Gasteiger partial charge is 0.125 e. The summed E-state index contributed by atoms with van der Waals surface area (Å²) in [5.74, 6) is -0.00135. The van der Waals surface area contributed by atoms with Gasteiger partial charge in [-0.25, -0.2) is 4.98 Å². The van der Waals surface area contributed by atoms with Crippen molar-refractivity contribution in [1.82, 2.24) is 4.98 Å². The first-order valence-electron chi connectivity index (χ1n) is 6.08. The molecule has 1 heterocycles. The molecule has 0 bridgehead atoms. The fraction of sp³-hybridized carbons (Fsp3) is 0.286. The first-order chi connectivity index (χ1) is 8.99. The van der Waals surface area contributed by atoms with E-state index in [2.05, 4.69) is 4.98 Å². The average Bonchev–Trinajstić information content (AvgIpc) is 2.37. The summed E-state index contributed by atoms with van der Waals surface area (Å²) in [6, 6.07) is 9.61. The van der Waals surface area contributed by atoms with Gasteiger partial charge in [-0.05, 0) is 19.1 Å². The van der Waals surface area contributed by atoms with Crippen molar-refractivity contribution in [3.05, 3.63) is 35.9 Å². The number of nitrogens with one attached hydrogen (secondary N) is 1. The third-order valence-electron chi connectivity index (χ3n) is 2.96. The second-order valence-electron chi connectivity index (χ2n) is 4.51. The number of nitrogens with zero attached hydrogens (tertiary/aromatic N) is 1. The third kappa shape index (κ3) is 3.05. The summed E-state index contributed by atoms with van der Waals surface area (Å²) in [5, 5.41) is 18.9. The molecular weight excluding hydrogens is 258 g/mol. The van der Waals surface area contributed by atoms with Crippen molar-refractivity contribution in [1.29, 1.82) is 5.41 Å². The number of pyridine rings is 1. The quantitative estimate of drug-likeness (QED) is 0.454. The number of aliphatic hydroxyl groups excluding tert-OH is 1. The number of para-hydroxylation sites is 1. The van der Waals surface area contributed by atoms with Crippen molar-refractivity contribution in [2.45, 2.75) is 30.2 Å². The van der Waals surface area contributed by atoms with Crippen LogP contribution in [0.5, 0.6) is 0 Å². The highest BCUT2D eigenvalue weighted by Gasteiger charge is 2.16. The van der Waals surface area contributed by atoms with Gasteiger partial charge in [0.15, 0.2) is 0 Å². The Hall–Kier alpha value is -1.59. The maximum absolute atomic E-state index is 9.59. The number of hydrogen-bond donors (Lipinski definition) is 3. The normalized spacial score (nSPS) is 14.3. The van der Waals surface area contributed by atoms with Crippen molar-refractivity contribution < 1.29 is 5.11 Å². The molecule has 0 saturated carbocycles. The van der Waals surface area contributed by atoms with E-state index >= 15 is 0 Å². The summed E-state index contributed by atoms with van der Waals surface area (Å²) in [6.07, 6.45) is -0.446. The molecule has 100 valence electrons. The van der Waals surface area contributed by atoms with Crippen molar-refractivity contribution in [2.75, 3.05) is 0 Å². The molecule has 2 unspecified atom stereocenters. The molecule has 0 aliphatic rings. The van der Waals surface area contributed by atoms with Crippen molar-refractivity contribution in [3.8, 4) is 0 Å². The molecule has 0 aliphatic carbocycles. The molecule has 2 rings (SSSR count). The number of rotatable bonds is 4. The lowest BCUT2D eigenvalue weighted by atomic mass is 10.1. The van der Waals surface area contributed by atoms with Gasteiger partial charge in [0.25, 0.3) is 0 Å². The minimum Gasteiger partial charge on any atom is -0.392 e. The van der Waals surface area contributed by atoms with Crippen LogP contribution in [0, 0.1) is 5.41 Å². The minimum absolute atomic E-state index is 0.00135. The Morgan fingerprint density at radius 3 is 2.68 bits per heavy atom. The largest absolute Gasteiger partial charge is 0.392 e. The van der Waals surface area contributed by atoms with Gasteiger partial charge in [-0.1, -0.05) is 36.9 Å². The predicted octanol–water partition coefficient (Wildman–Crippen LogP) is 2.38. The lowest BCUT2D eigenvalue weighted by Crippen LogP contribution is -2.18. The fourth-order valence-corrected chi connectivity index (χ4v) is 2.65. The summed E-state index contributed by atoms with van der Waals surface area (Å²) < 4.78 is 0. The third-order valence-corrected chi connectivity index (χ3v) is 4.26. The topological polar surface area (TPSA) is 83.0 Å². The van der Waals surface area contributed by atoms with E-state index in [4.69, 9.17) is 11.1 Å². The molecule has 5 heteroatoms. The van der Waals surface area contributed by atoms with Crippen LogP contribution in [0.3, 0.4) is 0 Å². The molecule has 2 aromatic rings. The van der Waals surface area contributed by atoms with Crippen LogP contribution in [0.15, 0.2) is 35.4 Å². The fourth-order valence-electron chi connectivity index (χ4n) is 1.66. The van der Waals surface area contributed by atoms with Crippen LogP contribution in [-0.2, 0) is 0 Å². The number of aromatic nitrogens is 1. The number of amidine groups is 1. The van der Waals surface area contributed by atoms with Gasteiger partial charge in [0.1, 0.15) is 10.9 Å². The zero-order valence-corrected chi connectivity index (χ0v) is 11.7. The van der Waals surface area contributed by atoms with Crippen LogP contribution >= 0.6 is 11.8 Å². The Kier molecular flexibility index (Phi) is 4.07. The van der Waals surface area contributed by atoms with Gasteiger partial charge < -0.3 is 10.8 Å². The summed E-state index contributed by atoms with van der Waals surface area (Å²) >= 11 is 1.44. The highest BCUT2D eigenvalue weighted by Crippen LogP contribution is 2.29. The Morgan fingerprint density at radius 2 is 2.05 bits per heavy atom. The van der Waals surface area contributed by atoms with Gasteiger partial charge >= 0.3 is 0 Å². The molecule has 0 saturated heterocycles. The van der Waals surface area contributed by atoms with E-state index in [9.17, 15) is 5.11 Å². The number of nitrogen functional groups attached to an aromatic ring is 1. The Balaban J connectivity index is 2.50. The molecule has 2 atom stereocenters. The number of hydrogen-bond acceptors (Lipinski definition) is 4.